The molecule has 0 aliphatic carbocycles. The first kappa shape index (κ1) is 5.37. The van der Waals surface area contributed by atoms with Gasteiger partial charge < -0.3 is 4.98 Å². The van der Waals surface area contributed by atoms with Crippen molar-refractivity contribution in [2.45, 2.75) is 5.03 Å². The van der Waals surface area contributed by atoms with E-state index in [0.717, 1.165) is 6.20 Å². The summed E-state index contributed by atoms with van der Waals surface area (Å²) in [5.74, 6) is 0. The van der Waals surface area contributed by atoms with Gasteiger partial charge in [0.15, 0.2) is 0 Å². The van der Waals surface area contributed by atoms with Crippen LogP contribution in [-0.2, 0) is 0 Å². The van der Waals surface area contributed by atoms with Crippen molar-refractivity contribution in [1.29, 1.82) is 0 Å². The number of H-pyrrole nitrogens is 1. The number of nitrogens with one attached hydrogen (secondary N) is 1. The van der Waals surface area contributed by atoms with Crippen LogP contribution in [0.4, 0.5) is 0 Å². The average molecular weight is 127 g/mol. The number of rotatable bonds is 0. The maximum atomic E-state index is 10.2. The highest BCUT2D eigenvalue weighted by molar-refractivity contribution is 7.80. The minimum Gasteiger partial charge on any atom is -0.317 e. The molecular formula is C4H3N2OS. The second-order valence-electron chi connectivity index (χ2n) is 1.20. The number of aromatic nitrogens is 2. The molecule has 1 aromatic heterocycles. The number of aromatic amines is 1. The Morgan fingerprint density at radius 2 is 2.62 bits per heavy atom. The Kier molecular flexibility index (Phi) is 1.34. The summed E-state index contributed by atoms with van der Waals surface area (Å²) in [5, 5.41) is 0.393. The summed E-state index contributed by atoms with van der Waals surface area (Å²) in [6.07, 6.45) is 3.57. The zero-order valence-corrected chi connectivity index (χ0v) is 4.77. The molecule has 0 saturated heterocycles. The third-order valence-electron chi connectivity index (χ3n) is 0.602. The van der Waals surface area contributed by atoms with Crippen LogP contribution in [0.2, 0.25) is 0 Å². The van der Waals surface area contributed by atoms with E-state index >= 15 is 0 Å². The van der Waals surface area contributed by atoms with Gasteiger partial charge >= 0.3 is 0 Å². The lowest BCUT2D eigenvalue weighted by Crippen LogP contribution is -2.03. The van der Waals surface area contributed by atoms with E-state index in [0.29, 0.717) is 5.03 Å². The molecule has 0 spiro atoms. The van der Waals surface area contributed by atoms with E-state index in [4.69, 9.17) is 0 Å². The molecule has 3 nitrogen and oxygen atoms in total. The van der Waals surface area contributed by atoms with Crippen molar-refractivity contribution >= 4 is 12.6 Å². The van der Waals surface area contributed by atoms with Crippen molar-refractivity contribution in [2.75, 3.05) is 0 Å². The lowest BCUT2D eigenvalue weighted by molar-refractivity contribution is 1.01. The molecular weight excluding hydrogens is 124 g/mol. The number of thiol groups is 1. The van der Waals surface area contributed by atoms with E-state index in [9.17, 15) is 4.79 Å². The second-order valence-corrected chi connectivity index (χ2v) is 1.62. The minimum absolute atomic E-state index is 0.261. The summed E-state index contributed by atoms with van der Waals surface area (Å²) in [4.78, 5) is 16.1. The molecule has 1 heterocycles. The van der Waals surface area contributed by atoms with Crippen molar-refractivity contribution < 1.29 is 0 Å². The molecule has 1 radical (unpaired) electrons. The molecule has 0 atom stereocenters. The highest BCUT2D eigenvalue weighted by Crippen LogP contribution is 1.89. The third-order valence-corrected chi connectivity index (χ3v) is 0.829. The summed E-state index contributed by atoms with van der Waals surface area (Å²) < 4.78 is 0. The molecule has 1 N–H and O–H groups in total. The van der Waals surface area contributed by atoms with Crippen LogP contribution in [0.5, 0.6) is 0 Å². The molecule has 0 unspecified atom stereocenters. The van der Waals surface area contributed by atoms with Gasteiger partial charge in [-0.3, -0.25) is 4.79 Å². The summed E-state index contributed by atoms with van der Waals surface area (Å²) in [6.45, 7) is 0. The summed E-state index contributed by atoms with van der Waals surface area (Å²) in [6, 6.07) is 0. The molecule has 1 rings (SSSR count). The first-order chi connectivity index (χ1) is 3.79. The Bertz CT molecular complexity index is 211. The highest BCUT2D eigenvalue weighted by Gasteiger charge is 1.82. The summed E-state index contributed by atoms with van der Waals surface area (Å²) in [7, 11) is 0. The van der Waals surface area contributed by atoms with E-state index in [1.54, 1.807) is 0 Å². The van der Waals surface area contributed by atoms with Crippen molar-refractivity contribution in [3.63, 3.8) is 0 Å². The Balaban J connectivity index is 3.22. The van der Waals surface area contributed by atoms with Gasteiger partial charge in [-0.15, -0.1) is 12.6 Å². The van der Waals surface area contributed by atoms with Gasteiger partial charge in [-0.25, -0.2) is 4.98 Å². The smallest absolute Gasteiger partial charge is 0.266 e. The molecule has 0 fully saturated rings. The fraction of sp³-hybridized carbons (Fsp3) is 0. The number of nitrogens with zero attached hydrogens (tertiary/aromatic N) is 1. The Labute approximate surface area is 51.2 Å². The maximum Gasteiger partial charge on any atom is 0.266 e. The van der Waals surface area contributed by atoms with E-state index < -0.39 is 0 Å². The van der Waals surface area contributed by atoms with Crippen molar-refractivity contribution in [3.05, 3.63) is 22.7 Å². The molecule has 8 heavy (non-hydrogen) atoms. The zero-order chi connectivity index (χ0) is 5.98. The maximum absolute atomic E-state index is 10.2. The molecule has 0 saturated carbocycles. The van der Waals surface area contributed by atoms with E-state index in [1.165, 1.54) is 0 Å². The topological polar surface area (TPSA) is 45.8 Å². The molecule has 1 aromatic rings. The van der Waals surface area contributed by atoms with Crippen molar-refractivity contribution in [1.82, 2.24) is 9.97 Å². The van der Waals surface area contributed by atoms with Gasteiger partial charge in [0.1, 0.15) is 11.2 Å². The fourth-order valence-electron chi connectivity index (χ4n) is 0.302. The summed E-state index contributed by atoms with van der Waals surface area (Å²) >= 11 is 3.79. The van der Waals surface area contributed by atoms with Crippen LogP contribution in [0, 0.1) is 6.20 Å². The van der Waals surface area contributed by atoms with Crippen LogP contribution in [-0.4, -0.2) is 9.97 Å². The fourth-order valence-corrected chi connectivity index (χ4v) is 0.415. The monoisotopic (exact) mass is 127 g/mol. The average Bonchev–Trinajstić information content (AvgIpc) is 1.77. The van der Waals surface area contributed by atoms with Crippen LogP contribution in [0.25, 0.3) is 0 Å². The predicted molar refractivity (Wildman–Crippen MR) is 30.9 cm³/mol. The summed E-state index contributed by atoms with van der Waals surface area (Å²) in [5.41, 5.74) is -0.261. The number of hydrogen-bond acceptors (Lipinski definition) is 3. The molecule has 41 valence electrons. The molecule has 0 aliphatic rings. The van der Waals surface area contributed by atoms with E-state index in [2.05, 4.69) is 28.8 Å². The van der Waals surface area contributed by atoms with Gasteiger partial charge in [0.25, 0.3) is 5.56 Å². The van der Waals surface area contributed by atoms with Gasteiger partial charge in [0.05, 0.1) is 6.20 Å². The third kappa shape index (κ3) is 1.10. The lowest BCUT2D eigenvalue weighted by atomic mass is 10.7. The largest absolute Gasteiger partial charge is 0.317 e. The van der Waals surface area contributed by atoms with Crippen LogP contribution in [0.15, 0.2) is 16.0 Å². The van der Waals surface area contributed by atoms with Gasteiger partial charge in [0, 0.05) is 0 Å². The van der Waals surface area contributed by atoms with Crippen molar-refractivity contribution in [2.24, 2.45) is 0 Å². The molecule has 0 bridgehead atoms. The first-order valence-electron chi connectivity index (χ1n) is 1.95. The molecule has 0 amide bonds. The SMILES string of the molecule is O=c1cnc(S)[c][nH]1. The van der Waals surface area contributed by atoms with Crippen LogP contribution < -0.4 is 5.56 Å². The number of hydrogen-bond donors (Lipinski definition) is 2. The Hall–Kier alpha value is -0.770. The van der Waals surface area contributed by atoms with Crippen LogP contribution in [0.3, 0.4) is 0 Å². The van der Waals surface area contributed by atoms with E-state index in [-0.39, 0.29) is 5.56 Å². The zero-order valence-electron chi connectivity index (χ0n) is 3.88. The van der Waals surface area contributed by atoms with Gasteiger partial charge in [-0.05, 0) is 0 Å². The standard InChI is InChI=1S/C4H3N2OS/c7-3-1-6-4(8)2-5-3/h1H,(H,5,7)(H,6,8). The van der Waals surface area contributed by atoms with E-state index in [1.807, 2.05) is 0 Å². The van der Waals surface area contributed by atoms with Gasteiger partial charge in [-0.1, -0.05) is 0 Å². The molecule has 0 aromatic carbocycles. The lowest BCUT2D eigenvalue weighted by Gasteiger charge is -1.81. The first-order valence-corrected chi connectivity index (χ1v) is 2.40. The Morgan fingerprint density at radius 1 is 1.88 bits per heavy atom. The normalized spacial score (nSPS) is 9.12. The van der Waals surface area contributed by atoms with Crippen LogP contribution >= 0.6 is 12.6 Å². The van der Waals surface area contributed by atoms with Gasteiger partial charge in [0.2, 0.25) is 0 Å². The van der Waals surface area contributed by atoms with Crippen LogP contribution in [0.1, 0.15) is 0 Å². The second kappa shape index (κ2) is 2.00. The molecule has 0 aliphatic heterocycles. The predicted octanol–water partition coefficient (Wildman–Crippen LogP) is -0.141. The van der Waals surface area contributed by atoms with Gasteiger partial charge in [-0.2, -0.15) is 0 Å². The molecule has 4 heteroatoms. The Morgan fingerprint density at radius 3 is 3.00 bits per heavy atom. The van der Waals surface area contributed by atoms with Crippen molar-refractivity contribution in [3.8, 4) is 0 Å². The highest BCUT2D eigenvalue weighted by atomic mass is 32.1. The minimum atomic E-state index is -0.261. The quantitative estimate of drug-likeness (QED) is 0.476.